The number of piperidine rings is 1. The van der Waals surface area contributed by atoms with E-state index < -0.39 is 10.0 Å². The highest BCUT2D eigenvalue weighted by atomic mass is 32.2. The van der Waals surface area contributed by atoms with E-state index in [-0.39, 0.29) is 29.2 Å². The molecule has 2 aromatic rings. The van der Waals surface area contributed by atoms with Gasteiger partial charge in [0.15, 0.2) is 0 Å². The Labute approximate surface area is 189 Å². The highest BCUT2D eigenvalue weighted by Gasteiger charge is 2.31. The Morgan fingerprint density at radius 2 is 1.69 bits per heavy atom. The van der Waals surface area contributed by atoms with Crippen LogP contribution in [0.2, 0.25) is 0 Å². The lowest BCUT2D eigenvalue weighted by molar-refractivity contribution is -0.126. The van der Waals surface area contributed by atoms with Crippen molar-refractivity contribution in [2.24, 2.45) is 5.92 Å². The quantitative estimate of drug-likeness (QED) is 0.671. The van der Waals surface area contributed by atoms with Gasteiger partial charge in [-0.25, -0.2) is 13.1 Å². The molecular weight excluding hydrogens is 426 g/mol. The van der Waals surface area contributed by atoms with Crippen molar-refractivity contribution in [2.45, 2.75) is 50.1 Å². The fourth-order valence-electron chi connectivity index (χ4n) is 3.95. The molecule has 0 aromatic heterocycles. The van der Waals surface area contributed by atoms with Crippen molar-refractivity contribution in [1.82, 2.24) is 14.9 Å². The van der Waals surface area contributed by atoms with Crippen LogP contribution in [0.1, 0.15) is 47.2 Å². The van der Waals surface area contributed by atoms with Crippen LogP contribution in [0, 0.1) is 12.8 Å². The van der Waals surface area contributed by atoms with Crippen molar-refractivity contribution in [3.05, 3.63) is 65.2 Å². The van der Waals surface area contributed by atoms with Crippen LogP contribution in [0.15, 0.2) is 53.4 Å². The van der Waals surface area contributed by atoms with Crippen molar-refractivity contribution in [3.8, 4) is 0 Å². The van der Waals surface area contributed by atoms with Gasteiger partial charge in [0.1, 0.15) is 0 Å². The van der Waals surface area contributed by atoms with Crippen molar-refractivity contribution in [3.63, 3.8) is 0 Å². The smallest absolute Gasteiger partial charge is 0.253 e. The Balaban J connectivity index is 1.41. The van der Waals surface area contributed by atoms with Crippen LogP contribution in [0.25, 0.3) is 0 Å². The standard InChI is InChI=1S/C24H29N3O4S/c1-17-7-8-20(15-22(17)32(30,31)25-16-18-5-3-2-4-6-18)24(29)27-13-11-19(12-14-27)23(28)26-21-9-10-21/h2-8,15,19,21,25H,9-14,16H2,1H3,(H,26,28). The molecule has 2 amide bonds. The number of nitrogens with zero attached hydrogens (tertiary/aromatic N) is 1. The van der Waals surface area contributed by atoms with Crippen molar-refractivity contribution < 1.29 is 18.0 Å². The van der Waals surface area contributed by atoms with E-state index in [0.29, 0.717) is 43.1 Å². The number of nitrogens with one attached hydrogen (secondary N) is 2. The predicted molar refractivity (Wildman–Crippen MR) is 121 cm³/mol. The summed E-state index contributed by atoms with van der Waals surface area (Å²) in [5, 5.41) is 3.04. The van der Waals surface area contributed by atoms with Crippen LogP contribution in [-0.4, -0.2) is 44.3 Å². The van der Waals surface area contributed by atoms with Gasteiger partial charge in [0.2, 0.25) is 15.9 Å². The fourth-order valence-corrected chi connectivity index (χ4v) is 5.23. The minimum Gasteiger partial charge on any atom is -0.353 e. The summed E-state index contributed by atoms with van der Waals surface area (Å²) in [7, 11) is -3.78. The van der Waals surface area contributed by atoms with Gasteiger partial charge in [-0.2, -0.15) is 0 Å². The molecule has 2 N–H and O–H groups in total. The summed E-state index contributed by atoms with van der Waals surface area (Å²) in [4.78, 5) is 27.1. The molecule has 1 aliphatic carbocycles. The normalized spacial score (nSPS) is 17.2. The maximum absolute atomic E-state index is 13.0. The Kier molecular flexibility index (Phi) is 6.62. The topological polar surface area (TPSA) is 95.6 Å². The number of aryl methyl sites for hydroxylation is 1. The summed E-state index contributed by atoms with van der Waals surface area (Å²) in [5.74, 6) is -0.172. The lowest BCUT2D eigenvalue weighted by Crippen LogP contribution is -2.43. The molecule has 0 atom stereocenters. The minimum absolute atomic E-state index is 0.0595. The van der Waals surface area contributed by atoms with Crippen LogP contribution in [0.5, 0.6) is 0 Å². The Bertz CT molecular complexity index is 1090. The van der Waals surface area contributed by atoms with Gasteiger partial charge in [-0.1, -0.05) is 36.4 Å². The molecule has 0 radical (unpaired) electrons. The molecule has 8 heteroatoms. The number of sulfonamides is 1. The molecule has 7 nitrogen and oxygen atoms in total. The number of hydrogen-bond donors (Lipinski definition) is 2. The zero-order valence-corrected chi connectivity index (χ0v) is 19.0. The van der Waals surface area contributed by atoms with E-state index in [1.807, 2.05) is 30.3 Å². The first kappa shape index (κ1) is 22.5. The number of benzene rings is 2. The van der Waals surface area contributed by atoms with E-state index in [9.17, 15) is 18.0 Å². The predicted octanol–water partition coefficient (Wildman–Crippen LogP) is 2.60. The molecule has 2 aromatic carbocycles. The van der Waals surface area contributed by atoms with Crippen molar-refractivity contribution in [2.75, 3.05) is 13.1 Å². The second-order valence-corrected chi connectivity index (χ2v) is 10.4. The summed E-state index contributed by atoms with van der Waals surface area (Å²) in [6.45, 7) is 2.88. The van der Waals surface area contributed by atoms with Crippen molar-refractivity contribution >= 4 is 21.8 Å². The van der Waals surface area contributed by atoms with Gasteiger partial charge in [0.05, 0.1) is 4.90 Å². The molecule has 4 rings (SSSR count). The third kappa shape index (κ3) is 5.37. The van der Waals surface area contributed by atoms with Crippen LogP contribution >= 0.6 is 0 Å². The maximum Gasteiger partial charge on any atom is 0.253 e. The van der Waals surface area contributed by atoms with Crippen LogP contribution < -0.4 is 10.0 Å². The maximum atomic E-state index is 13.0. The minimum atomic E-state index is -3.78. The largest absolute Gasteiger partial charge is 0.353 e. The molecule has 0 unspecified atom stereocenters. The molecule has 0 bridgehead atoms. The first-order chi connectivity index (χ1) is 15.3. The molecule has 1 saturated carbocycles. The molecule has 1 heterocycles. The Morgan fingerprint density at radius 1 is 1.00 bits per heavy atom. The van der Waals surface area contributed by atoms with Gasteiger partial charge in [0.25, 0.3) is 5.91 Å². The van der Waals surface area contributed by atoms with E-state index in [2.05, 4.69) is 10.0 Å². The summed E-state index contributed by atoms with van der Waals surface area (Å²) >= 11 is 0. The van der Waals surface area contributed by atoms with Crippen LogP contribution in [0.3, 0.4) is 0 Å². The van der Waals surface area contributed by atoms with E-state index in [0.717, 1.165) is 18.4 Å². The summed E-state index contributed by atoms with van der Waals surface area (Å²) < 4.78 is 28.4. The molecule has 32 heavy (non-hydrogen) atoms. The van der Waals surface area contributed by atoms with Crippen LogP contribution in [-0.2, 0) is 21.4 Å². The molecule has 2 fully saturated rings. The first-order valence-corrected chi connectivity index (χ1v) is 12.6. The number of amides is 2. The average Bonchev–Trinajstić information content (AvgIpc) is 3.62. The SMILES string of the molecule is Cc1ccc(C(=O)N2CCC(C(=O)NC3CC3)CC2)cc1S(=O)(=O)NCc1ccccc1. The third-order valence-corrected chi connectivity index (χ3v) is 7.65. The van der Waals surface area contributed by atoms with E-state index >= 15 is 0 Å². The Hall–Kier alpha value is -2.71. The van der Waals surface area contributed by atoms with Gasteiger partial charge < -0.3 is 10.2 Å². The summed E-state index contributed by atoms with van der Waals surface area (Å²) in [5.41, 5.74) is 1.78. The highest BCUT2D eigenvalue weighted by Crippen LogP contribution is 2.24. The van der Waals surface area contributed by atoms with Gasteiger partial charge in [-0.15, -0.1) is 0 Å². The number of carbonyl (C=O) groups excluding carboxylic acids is 2. The van der Waals surface area contributed by atoms with E-state index in [4.69, 9.17) is 0 Å². The molecular formula is C24H29N3O4S. The number of rotatable bonds is 7. The van der Waals surface area contributed by atoms with Crippen LogP contribution in [0.4, 0.5) is 0 Å². The van der Waals surface area contributed by atoms with Gasteiger partial charge in [0, 0.05) is 37.2 Å². The van der Waals surface area contributed by atoms with Crippen molar-refractivity contribution in [1.29, 1.82) is 0 Å². The second-order valence-electron chi connectivity index (χ2n) is 8.64. The fraction of sp³-hybridized carbons (Fsp3) is 0.417. The Morgan fingerprint density at radius 3 is 2.34 bits per heavy atom. The highest BCUT2D eigenvalue weighted by molar-refractivity contribution is 7.89. The zero-order chi connectivity index (χ0) is 22.7. The monoisotopic (exact) mass is 455 g/mol. The van der Waals surface area contributed by atoms with Gasteiger partial charge in [-0.3, -0.25) is 9.59 Å². The summed E-state index contributed by atoms with van der Waals surface area (Å²) in [6.07, 6.45) is 3.36. The second kappa shape index (κ2) is 9.42. The molecule has 170 valence electrons. The molecule has 1 aliphatic heterocycles. The first-order valence-electron chi connectivity index (χ1n) is 11.1. The van der Waals surface area contributed by atoms with E-state index in [1.165, 1.54) is 6.07 Å². The van der Waals surface area contributed by atoms with Gasteiger partial charge in [-0.05, 0) is 55.9 Å². The summed E-state index contributed by atoms with van der Waals surface area (Å²) in [6, 6.07) is 14.4. The number of carbonyl (C=O) groups is 2. The number of hydrogen-bond acceptors (Lipinski definition) is 4. The molecule has 0 spiro atoms. The average molecular weight is 456 g/mol. The molecule has 1 saturated heterocycles. The third-order valence-electron chi connectivity index (χ3n) is 6.11. The lowest BCUT2D eigenvalue weighted by Gasteiger charge is -2.31. The molecule has 2 aliphatic rings. The number of likely N-dealkylation sites (tertiary alicyclic amines) is 1. The zero-order valence-electron chi connectivity index (χ0n) is 18.2. The van der Waals surface area contributed by atoms with E-state index in [1.54, 1.807) is 24.0 Å². The lowest BCUT2D eigenvalue weighted by atomic mass is 9.95. The van der Waals surface area contributed by atoms with Gasteiger partial charge >= 0.3 is 0 Å².